The molecule has 1 heterocycles. The van der Waals surface area contributed by atoms with Crippen LogP contribution in [0.25, 0.3) is 0 Å². The summed E-state index contributed by atoms with van der Waals surface area (Å²) in [6.45, 7) is 6.37. The molecule has 1 aromatic carbocycles. The summed E-state index contributed by atoms with van der Waals surface area (Å²) in [5, 5.41) is 0.629. The van der Waals surface area contributed by atoms with Crippen LogP contribution in [0.15, 0.2) is 48.7 Å². The molecule has 0 saturated carbocycles. The third-order valence-electron chi connectivity index (χ3n) is 4.27. The molecule has 0 bridgehead atoms. The number of carbonyl (C=O) groups is 1. The van der Waals surface area contributed by atoms with E-state index in [-0.39, 0.29) is 5.78 Å². The van der Waals surface area contributed by atoms with Crippen LogP contribution in [0.5, 0.6) is 0 Å². The summed E-state index contributed by atoms with van der Waals surface area (Å²) in [4.78, 5) is 17.3. The van der Waals surface area contributed by atoms with Crippen molar-refractivity contribution in [2.75, 3.05) is 0 Å². The van der Waals surface area contributed by atoms with Gasteiger partial charge in [0.2, 0.25) is 0 Å². The lowest BCUT2D eigenvalue weighted by Crippen LogP contribution is -2.08. The molecule has 0 aliphatic heterocycles. The quantitative estimate of drug-likeness (QED) is 0.457. The van der Waals surface area contributed by atoms with E-state index in [0.717, 1.165) is 25.0 Å². The fraction of sp³-hybridized carbons (Fsp3) is 0.333. The number of aromatic nitrogens is 1. The van der Waals surface area contributed by atoms with Crippen LogP contribution in [0.3, 0.4) is 0 Å². The first-order valence-corrected chi connectivity index (χ1v) is 8.84. The van der Waals surface area contributed by atoms with E-state index < -0.39 is 0 Å². The maximum absolute atomic E-state index is 12.7. The van der Waals surface area contributed by atoms with E-state index in [4.69, 9.17) is 11.6 Å². The van der Waals surface area contributed by atoms with Crippen molar-refractivity contribution < 1.29 is 4.79 Å². The summed E-state index contributed by atoms with van der Waals surface area (Å²) in [6.07, 6.45) is 8.80. The predicted octanol–water partition coefficient (Wildman–Crippen LogP) is 5.99. The molecule has 0 radical (unpaired) electrons. The maximum Gasteiger partial charge on any atom is 0.194 e. The normalized spacial score (nSPS) is 12.5. The van der Waals surface area contributed by atoms with Crippen LogP contribution in [-0.4, -0.2) is 10.8 Å². The monoisotopic (exact) mass is 341 g/mol. The SMILES string of the molecule is CC=CCCc1cc(C(=O)c2ccc(Cl)cc2)cnc1C(C)CC. The second kappa shape index (κ2) is 8.79. The van der Waals surface area contributed by atoms with Gasteiger partial charge in [-0.3, -0.25) is 9.78 Å². The van der Waals surface area contributed by atoms with Gasteiger partial charge in [0.15, 0.2) is 5.78 Å². The molecule has 1 aromatic heterocycles. The fourth-order valence-electron chi connectivity index (χ4n) is 2.66. The number of carbonyl (C=O) groups excluding carboxylic acids is 1. The lowest BCUT2D eigenvalue weighted by atomic mass is 9.94. The van der Waals surface area contributed by atoms with Crippen LogP contribution >= 0.6 is 11.6 Å². The summed E-state index contributed by atoms with van der Waals surface area (Å²) in [5.41, 5.74) is 3.55. The molecule has 126 valence electrons. The van der Waals surface area contributed by atoms with Crippen molar-refractivity contribution in [3.8, 4) is 0 Å². The summed E-state index contributed by atoms with van der Waals surface area (Å²) < 4.78 is 0. The largest absolute Gasteiger partial charge is 0.289 e. The van der Waals surface area contributed by atoms with Crippen LogP contribution in [0.2, 0.25) is 5.02 Å². The minimum absolute atomic E-state index is 0.0119. The average molecular weight is 342 g/mol. The first kappa shape index (κ1) is 18.4. The zero-order chi connectivity index (χ0) is 17.5. The van der Waals surface area contributed by atoms with Gasteiger partial charge < -0.3 is 0 Å². The lowest BCUT2D eigenvalue weighted by Gasteiger charge is -2.15. The van der Waals surface area contributed by atoms with Crippen molar-refractivity contribution in [3.63, 3.8) is 0 Å². The summed E-state index contributed by atoms with van der Waals surface area (Å²) in [6, 6.07) is 9.00. The molecule has 0 fully saturated rings. The molecule has 0 aliphatic carbocycles. The second-order valence-corrected chi connectivity index (χ2v) is 6.46. The van der Waals surface area contributed by atoms with Crippen molar-refractivity contribution >= 4 is 17.4 Å². The molecule has 2 aromatic rings. The standard InChI is InChI=1S/C21H24ClNO/c1-4-6-7-8-17-13-18(14-23-20(17)15(3)5-2)21(24)16-9-11-19(22)12-10-16/h4,6,9-15H,5,7-8H2,1-3H3. The van der Waals surface area contributed by atoms with Gasteiger partial charge in [0.05, 0.1) is 0 Å². The topological polar surface area (TPSA) is 30.0 Å². The van der Waals surface area contributed by atoms with Crippen LogP contribution in [-0.2, 0) is 6.42 Å². The van der Waals surface area contributed by atoms with Crippen LogP contribution in [0, 0.1) is 0 Å². The number of hydrogen-bond acceptors (Lipinski definition) is 2. The van der Waals surface area contributed by atoms with E-state index in [1.807, 2.05) is 13.0 Å². The Kier molecular flexibility index (Phi) is 6.74. The number of aryl methyl sites for hydroxylation is 1. The highest BCUT2D eigenvalue weighted by Crippen LogP contribution is 2.24. The molecule has 0 saturated heterocycles. The molecule has 0 aliphatic rings. The van der Waals surface area contributed by atoms with E-state index in [0.29, 0.717) is 22.1 Å². The van der Waals surface area contributed by atoms with Gasteiger partial charge in [-0.25, -0.2) is 0 Å². The Morgan fingerprint density at radius 2 is 1.96 bits per heavy atom. The highest BCUT2D eigenvalue weighted by atomic mass is 35.5. The Morgan fingerprint density at radius 1 is 1.25 bits per heavy atom. The maximum atomic E-state index is 12.7. The van der Waals surface area contributed by atoms with Crippen molar-refractivity contribution in [1.82, 2.24) is 4.98 Å². The van der Waals surface area contributed by atoms with E-state index in [2.05, 4.69) is 31.0 Å². The Morgan fingerprint density at radius 3 is 2.58 bits per heavy atom. The first-order chi connectivity index (χ1) is 11.6. The summed E-state index contributed by atoms with van der Waals surface area (Å²) in [5.74, 6) is 0.382. The van der Waals surface area contributed by atoms with Crippen LogP contribution < -0.4 is 0 Å². The molecule has 0 spiro atoms. The summed E-state index contributed by atoms with van der Waals surface area (Å²) >= 11 is 5.90. The zero-order valence-corrected chi connectivity index (χ0v) is 15.3. The van der Waals surface area contributed by atoms with Gasteiger partial charge in [0.25, 0.3) is 0 Å². The molecule has 24 heavy (non-hydrogen) atoms. The third-order valence-corrected chi connectivity index (χ3v) is 4.52. The van der Waals surface area contributed by atoms with E-state index in [1.54, 1.807) is 30.5 Å². The smallest absolute Gasteiger partial charge is 0.194 e. The van der Waals surface area contributed by atoms with Gasteiger partial charge in [-0.1, -0.05) is 37.6 Å². The number of ketones is 1. The van der Waals surface area contributed by atoms with E-state index >= 15 is 0 Å². The van der Waals surface area contributed by atoms with Gasteiger partial charge in [0.1, 0.15) is 0 Å². The molecule has 3 heteroatoms. The lowest BCUT2D eigenvalue weighted by molar-refractivity contribution is 0.103. The first-order valence-electron chi connectivity index (χ1n) is 8.47. The Balaban J connectivity index is 2.34. The molecule has 2 rings (SSSR count). The number of benzene rings is 1. The molecule has 1 unspecified atom stereocenters. The Labute approximate surface area is 149 Å². The second-order valence-electron chi connectivity index (χ2n) is 6.02. The highest BCUT2D eigenvalue weighted by Gasteiger charge is 2.15. The molecule has 1 atom stereocenters. The molecule has 0 amide bonds. The number of pyridine rings is 1. The Bertz CT molecular complexity index is 719. The minimum Gasteiger partial charge on any atom is -0.289 e. The van der Waals surface area contributed by atoms with Gasteiger partial charge in [-0.15, -0.1) is 0 Å². The average Bonchev–Trinajstić information content (AvgIpc) is 2.61. The van der Waals surface area contributed by atoms with Gasteiger partial charge in [-0.2, -0.15) is 0 Å². The Hall–Kier alpha value is -1.93. The molecular formula is C21H24ClNO. The van der Waals surface area contributed by atoms with E-state index in [1.165, 1.54) is 5.56 Å². The summed E-state index contributed by atoms with van der Waals surface area (Å²) in [7, 11) is 0. The molecular weight excluding hydrogens is 318 g/mol. The van der Waals surface area contributed by atoms with Gasteiger partial charge in [-0.05, 0) is 68.0 Å². The van der Waals surface area contributed by atoms with Crippen LogP contribution in [0.1, 0.15) is 66.7 Å². The molecule has 0 N–H and O–H groups in total. The van der Waals surface area contributed by atoms with Crippen molar-refractivity contribution in [2.45, 2.75) is 46.0 Å². The van der Waals surface area contributed by atoms with Gasteiger partial charge in [0, 0.05) is 28.0 Å². The third kappa shape index (κ3) is 4.55. The number of rotatable bonds is 7. The van der Waals surface area contributed by atoms with E-state index in [9.17, 15) is 4.79 Å². The number of allylic oxidation sites excluding steroid dienone is 2. The van der Waals surface area contributed by atoms with Crippen molar-refractivity contribution in [2.24, 2.45) is 0 Å². The van der Waals surface area contributed by atoms with Crippen LogP contribution in [0.4, 0.5) is 0 Å². The fourth-order valence-corrected chi connectivity index (χ4v) is 2.78. The number of nitrogens with zero attached hydrogens (tertiary/aromatic N) is 1. The number of hydrogen-bond donors (Lipinski definition) is 0. The minimum atomic E-state index is -0.0119. The predicted molar refractivity (Wildman–Crippen MR) is 101 cm³/mol. The zero-order valence-electron chi connectivity index (χ0n) is 14.6. The number of halogens is 1. The van der Waals surface area contributed by atoms with Gasteiger partial charge >= 0.3 is 0 Å². The van der Waals surface area contributed by atoms with Crippen molar-refractivity contribution in [3.05, 3.63) is 76.1 Å². The molecule has 2 nitrogen and oxygen atoms in total. The van der Waals surface area contributed by atoms with Crippen molar-refractivity contribution in [1.29, 1.82) is 0 Å². The highest BCUT2D eigenvalue weighted by molar-refractivity contribution is 6.30.